The number of hydrogen-bond donors (Lipinski definition) is 1. The van der Waals surface area contributed by atoms with E-state index in [-0.39, 0.29) is 0 Å². The van der Waals surface area contributed by atoms with Crippen LogP contribution in [0.15, 0.2) is 9.98 Å². The highest BCUT2D eigenvalue weighted by Gasteiger charge is 2.33. The average Bonchev–Trinajstić information content (AvgIpc) is 2.49. The first-order valence-electron chi connectivity index (χ1n) is 4.98. The van der Waals surface area contributed by atoms with Crippen molar-refractivity contribution < 1.29 is 0 Å². The minimum absolute atomic E-state index is 0.359. The smallest absolute Gasteiger partial charge is 0.110 e. The van der Waals surface area contributed by atoms with E-state index in [0.717, 1.165) is 3.79 Å². The molecule has 0 bridgehead atoms. The standard InChI is InChI=1S/C10H15BrN2S/c1-7(9-12-6-8(11)14-9)13-10(2)4-3-5-10/h6-7,13H,3-5H2,1-2H3. The van der Waals surface area contributed by atoms with Gasteiger partial charge in [-0.05, 0) is 49.0 Å². The Morgan fingerprint density at radius 1 is 1.64 bits per heavy atom. The van der Waals surface area contributed by atoms with Gasteiger partial charge in [0.15, 0.2) is 0 Å². The number of nitrogens with zero attached hydrogens (tertiary/aromatic N) is 1. The van der Waals surface area contributed by atoms with Crippen molar-refractivity contribution in [1.29, 1.82) is 0 Å². The second-order valence-corrected chi connectivity index (χ2v) is 6.72. The van der Waals surface area contributed by atoms with Crippen LogP contribution in [0.5, 0.6) is 0 Å². The Morgan fingerprint density at radius 3 is 2.79 bits per heavy atom. The van der Waals surface area contributed by atoms with Crippen LogP contribution in [0.1, 0.15) is 44.2 Å². The molecule has 1 aliphatic carbocycles. The number of rotatable bonds is 3. The molecular formula is C10H15BrN2S. The summed E-state index contributed by atoms with van der Waals surface area (Å²) in [4.78, 5) is 4.37. The molecule has 1 aromatic rings. The normalized spacial score (nSPS) is 21.6. The lowest BCUT2D eigenvalue weighted by molar-refractivity contribution is 0.189. The molecule has 0 amide bonds. The molecular weight excluding hydrogens is 260 g/mol. The third kappa shape index (κ3) is 2.18. The summed E-state index contributed by atoms with van der Waals surface area (Å²) in [6.07, 6.45) is 5.83. The minimum atomic E-state index is 0.359. The second-order valence-electron chi connectivity index (χ2n) is 4.28. The monoisotopic (exact) mass is 274 g/mol. The van der Waals surface area contributed by atoms with Gasteiger partial charge in [0, 0.05) is 5.54 Å². The molecule has 1 heterocycles. The van der Waals surface area contributed by atoms with Crippen LogP contribution in [0.2, 0.25) is 0 Å². The number of halogens is 1. The van der Waals surface area contributed by atoms with Crippen LogP contribution in [-0.2, 0) is 0 Å². The molecule has 1 fully saturated rings. The third-order valence-electron chi connectivity index (χ3n) is 2.89. The first-order valence-corrected chi connectivity index (χ1v) is 6.59. The highest BCUT2D eigenvalue weighted by molar-refractivity contribution is 9.11. The van der Waals surface area contributed by atoms with E-state index in [1.807, 2.05) is 6.20 Å². The Hall–Kier alpha value is 0.0700. The minimum Gasteiger partial charge on any atom is -0.303 e. The lowest BCUT2D eigenvalue weighted by Gasteiger charge is -2.41. The van der Waals surface area contributed by atoms with Crippen molar-refractivity contribution in [2.45, 2.75) is 44.7 Å². The van der Waals surface area contributed by atoms with E-state index in [2.05, 4.69) is 40.1 Å². The zero-order valence-corrected chi connectivity index (χ0v) is 10.9. The van der Waals surface area contributed by atoms with Gasteiger partial charge in [-0.25, -0.2) is 4.98 Å². The highest BCUT2D eigenvalue weighted by Crippen LogP contribution is 2.34. The van der Waals surface area contributed by atoms with Crippen LogP contribution >= 0.6 is 27.3 Å². The van der Waals surface area contributed by atoms with Gasteiger partial charge in [-0.2, -0.15) is 0 Å². The van der Waals surface area contributed by atoms with Crippen LogP contribution < -0.4 is 5.32 Å². The molecule has 0 aliphatic heterocycles. The lowest BCUT2D eigenvalue weighted by atomic mass is 9.78. The number of hydrogen-bond acceptors (Lipinski definition) is 3. The Bertz CT molecular complexity index is 320. The van der Waals surface area contributed by atoms with Crippen molar-refractivity contribution in [3.63, 3.8) is 0 Å². The summed E-state index contributed by atoms with van der Waals surface area (Å²) in [5, 5.41) is 4.82. The Morgan fingerprint density at radius 2 is 2.36 bits per heavy atom. The number of aromatic nitrogens is 1. The van der Waals surface area contributed by atoms with Crippen molar-refractivity contribution in [2.24, 2.45) is 0 Å². The first kappa shape index (κ1) is 10.6. The van der Waals surface area contributed by atoms with Gasteiger partial charge in [-0.1, -0.05) is 0 Å². The van der Waals surface area contributed by atoms with E-state index in [1.54, 1.807) is 11.3 Å². The summed E-state index contributed by atoms with van der Waals surface area (Å²) < 4.78 is 1.11. The molecule has 0 aromatic carbocycles. The van der Waals surface area contributed by atoms with Gasteiger partial charge in [-0.3, -0.25) is 0 Å². The maximum absolute atomic E-state index is 4.37. The summed E-state index contributed by atoms with van der Waals surface area (Å²) in [6.45, 7) is 4.49. The predicted octanol–water partition coefficient (Wildman–Crippen LogP) is 3.50. The quantitative estimate of drug-likeness (QED) is 0.913. The molecule has 1 saturated carbocycles. The molecule has 1 N–H and O–H groups in total. The van der Waals surface area contributed by atoms with Crippen molar-refractivity contribution in [3.05, 3.63) is 15.0 Å². The Labute approximate surface area is 97.3 Å². The summed E-state index contributed by atoms with van der Waals surface area (Å²) in [6, 6.07) is 0.372. The molecule has 14 heavy (non-hydrogen) atoms. The van der Waals surface area contributed by atoms with Crippen molar-refractivity contribution in [3.8, 4) is 0 Å². The Balaban J connectivity index is 1.98. The number of thiazole rings is 1. The zero-order chi connectivity index (χ0) is 10.2. The molecule has 2 rings (SSSR count). The second kappa shape index (κ2) is 3.91. The van der Waals surface area contributed by atoms with Crippen molar-refractivity contribution >= 4 is 27.3 Å². The molecule has 1 aromatic heterocycles. The average molecular weight is 275 g/mol. The van der Waals surface area contributed by atoms with Crippen molar-refractivity contribution in [2.75, 3.05) is 0 Å². The van der Waals surface area contributed by atoms with Crippen LogP contribution in [0.4, 0.5) is 0 Å². The summed E-state index contributed by atoms with van der Waals surface area (Å²) in [5.74, 6) is 0. The molecule has 1 unspecified atom stereocenters. The van der Waals surface area contributed by atoms with Gasteiger partial charge < -0.3 is 5.32 Å². The van der Waals surface area contributed by atoms with Gasteiger partial charge in [-0.15, -0.1) is 11.3 Å². The SMILES string of the molecule is CC(NC1(C)CCC1)c1ncc(Br)s1. The molecule has 0 spiro atoms. The van der Waals surface area contributed by atoms with Crippen molar-refractivity contribution in [1.82, 2.24) is 10.3 Å². The van der Waals surface area contributed by atoms with E-state index in [0.29, 0.717) is 11.6 Å². The zero-order valence-electron chi connectivity index (χ0n) is 8.51. The lowest BCUT2D eigenvalue weighted by Crippen LogP contribution is -2.49. The van der Waals surface area contributed by atoms with E-state index in [1.165, 1.54) is 24.3 Å². The molecule has 78 valence electrons. The van der Waals surface area contributed by atoms with Gasteiger partial charge in [0.05, 0.1) is 16.0 Å². The summed E-state index contributed by atoms with van der Waals surface area (Å²) in [7, 11) is 0. The topological polar surface area (TPSA) is 24.9 Å². The van der Waals surface area contributed by atoms with E-state index in [4.69, 9.17) is 0 Å². The van der Waals surface area contributed by atoms with Crippen LogP contribution in [-0.4, -0.2) is 10.5 Å². The maximum Gasteiger partial charge on any atom is 0.110 e. The third-order valence-corrected chi connectivity index (χ3v) is 4.55. The van der Waals surface area contributed by atoms with Gasteiger partial charge in [0.25, 0.3) is 0 Å². The highest BCUT2D eigenvalue weighted by atomic mass is 79.9. The fourth-order valence-electron chi connectivity index (χ4n) is 1.90. The molecule has 0 saturated heterocycles. The van der Waals surface area contributed by atoms with E-state index >= 15 is 0 Å². The molecule has 1 aliphatic rings. The number of nitrogens with one attached hydrogen (secondary N) is 1. The maximum atomic E-state index is 4.37. The predicted molar refractivity (Wildman–Crippen MR) is 63.6 cm³/mol. The van der Waals surface area contributed by atoms with E-state index in [9.17, 15) is 0 Å². The van der Waals surface area contributed by atoms with E-state index < -0.39 is 0 Å². The first-order chi connectivity index (χ1) is 6.59. The molecule has 1 atom stereocenters. The molecule has 2 nitrogen and oxygen atoms in total. The summed E-state index contributed by atoms with van der Waals surface area (Å²) >= 11 is 5.15. The largest absolute Gasteiger partial charge is 0.303 e. The fraction of sp³-hybridized carbons (Fsp3) is 0.700. The van der Waals surface area contributed by atoms with Crippen LogP contribution in [0.25, 0.3) is 0 Å². The fourth-order valence-corrected chi connectivity index (χ4v) is 3.15. The van der Waals surface area contributed by atoms with Gasteiger partial charge >= 0.3 is 0 Å². The van der Waals surface area contributed by atoms with Gasteiger partial charge in [0.2, 0.25) is 0 Å². The van der Waals surface area contributed by atoms with Crippen LogP contribution in [0.3, 0.4) is 0 Å². The van der Waals surface area contributed by atoms with Crippen LogP contribution in [0, 0.1) is 0 Å². The summed E-state index contributed by atoms with van der Waals surface area (Å²) in [5.41, 5.74) is 0.359. The molecule has 4 heteroatoms. The Kier molecular flexibility index (Phi) is 2.96. The molecule has 0 radical (unpaired) electrons. The van der Waals surface area contributed by atoms with Gasteiger partial charge in [0.1, 0.15) is 5.01 Å².